The Labute approximate surface area is 136 Å². The predicted octanol–water partition coefficient (Wildman–Crippen LogP) is 5.00. The largest absolute Gasteiger partial charge is 0.277 e. The summed E-state index contributed by atoms with van der Waals surface area (Å²) < 4.78 is 14.2. The maximum atomic E-state index is 13.1. The molecule has 1 N–H and O–H groups in total. The SMILES string of the molecule is Fc1ccc(-c2[nH]ncc2/C=C/c2nc3ccccc3s2)cc1. The summed E-state index contributed by atoms with van der Waals surface area (Å²) in [5.74, 6) is -0.250. The Morgan fingerprint density at radius 2 is 1.83 bits per heavy atom. The summed E-state index contributed by atoms with van der Waals surface area (Å²) in [5, 5.41) is 7.99. The molecule has 4 rings (SSSR count). The van der Waals surface area contributed by atoms with Gasteiger partial charge in [-0.2, -0.15) is 5.10 Å². The van der Waals surface area contributed by atoms with Crippen LogP contribution in [0.1, 0.15) is 10.6 Å². The quantitative estimate of drug-likeness (QED) is 0.577. The number of rotatable bonds is 3. The number of hydrogen-bond acceptors (Lipinski definition) is 3. The monoisotopic (exact) mass is 321 g/mol. The molecule has 0 bridgehead atoms. The first-order valence-corrected chi connectivity index (χ1v) is 7.94. The molecule has 5 heteroatoms. The second kappa shape index (κ2) is 5.78. The molecule has 0 aliphatic heterocycles. The lowest BCUT2D eigenvalue weighted by Crippen LogP contribution is -1.82. The molecule has 0 saturated carbocycles. The van der Waals surface area contributed by atoms with E-state index in [1.165, 1.54) is 12.1 Å². The second-order valence-corrected chi connectivity index (χ2v) is 6.12. The number of para-hydroxylation sites is 1. The van der Waals surface area contributed by atoms with E-state index in [1.807, 2.05) is 30.4 Å². The van der Waals surface area contributed by atoms with Gasteiger partial charge in [-0.25, -0.2) is 9.37 Å². The molecule has 2 aromatic carbocycles. The lowest BCUT2D eigenvalue weighted by atomic mass is 10.1. The minimum absolute atomic E-state index is 0.250. The fraction of sp³-hybridized carbons (Fsp3) is 0. The van der Waals surface area contributed by atoms with Crippen molar-refractivity contribution in [3.63, 3.8) is 0 Å². The van der Waals surface area contributed by atoms with Gasteiger partial charge in [0.2, 0.25) is 0 Å². The molecule has 0 aliphatic carbocycles. The Kier molecular flexibility index (Phi) is 3.48. The summed E-state index contributed by atoms with van der Waals surface area (Å²) in [5.41, 5.74) is 3.70. The van der Waals surface area contributed by atoms with E-state index in [0.29, 0.717) is 0 Å². The van der Waals surface area contributed by atoms with Crippen molar-refractivity contribution in [3.05, 3.63) is 71.1 Å². The number of benzene rings is 2. The van der Waals surface area contributed by atoms with Crippen molar-refractivity contribution >= 4 is 33.7 Å². The van der Waals surface area contributed by atoms with Crippen molar-refractivity contribution in [2.75, 3.05) is 0 Å². The molecule has 4 aromatic rings. The molecule has 0 aliphatic rings. The van der Waals surface area contributed by atoms with Crippen LogP contribution in [0.5, 0.6) is 0 Å². The first kappa shape index (κ1) is 13.8. The number of H-pyrrole nitrogens is 1. The Balaban J connectivity index is 1.66. The highest BCUT2D eigenvalue weighted by molar-refractivity contribution is 7.19. The summed E-state index contributed by atoms with van der Waals surface area (Å²) in [6, 6.07) is 14.4. The summed E-state index contributed by atoms with van der Waals surface area (Å²) >= 11 is 1.64. The molecule has 3 nitrogen and oxygen atoms in total. The predicted molar refractivity (Wildman–Crippen MR) is 92.5 cm³/mol. The number of nitrogens with zero attached hydrogens (tertiary/aromatic N) is 2. The summed E-state index contributed by atoms with van der Waals surface area (Å²) in [6.45, 7) is 0. The number of aromatic amines is 1. The van der Waals surface area contributed by atoms with Crippen LogP contribution in [0.4, 0.5) is 4.39 Å². The number of nitrogens with one attached hydrogen (secondary N) is 1. The van der Waals surface area contributed by atoms with Gasteiger partial charge in [0, 0.05) is 11.1 Å². The van der Waals surface area contributed by atoms with Crippen LogP contribution in [0.25, 0.3) is 33.6 Å². The highest BCUT2D eigenvalue weighted by Gasteiger charge is 2.06. The fourth-order valence-electron chi connectivity index (χ4n) is 2.39. The van der Waals surface area contributed by atoms with Crippen LogP contribution in [0, 0.1) is 5.82 Å². The van der Waals surface area contributed by atoms with Gasteiger partial charge in [-0.3, -0.25) is 5.10 Å². The molecule has 0 fully saturated rings. The molecule has 0 unspecified atom stereocenters. The average Bonchev–Trinajstić information content (AvgIpc) is 3.19. The lowest BCUT2D eigenvalue weighted by molar-refractivity contribution is 0.628. The molecule has 0 atom stereocenters. The van der Waals surface area contributed by atoms with E-state index in [2.05, 4.69) is 21.2 Å². The zero-order valence-electron chi connectivity index (χ0n) is 12.0. The normalized spacial score (nSPS) is 11.5. The van der Waals surface area contributed by atoms with Crippen LogP contribution in [-0.2, 0) is 0 Å². The molecule has 2 heterocycles. The molecule has 112 valence electrons. The van der Waals surface area contributed by atoms with Crippen molar-refractivity contribution in [1.29, 1.82) is 0 Å². The van der Waals surface area contributed by atoms with Crippen LogP contribution >= 0.6 is 11.3 Å². The molecular weight excluding hydrogens is 309 g/mol. The maximum Gasteiger partial charge on any atom is 0.123 e. The van der Waals surface area contributed by atoms with Gasteiger partial charge in [-0.1, -0.05) is 12.1 Å². The van der Waals surface area contributed by atoms with Crippen molar-refractivity contribution in [2.24, 2.45) is 0 Å². The van der Waals surface area contributed by atoms with E-state index < -0.39 is 0 Å². The molecule has 23 heavy (non-hydrogen) atoms. The third-order valence-corrected chi connectivity index (χ3v) is 4.52. The van der Waals surface area contributed by atoms with Gasteiger partial charge in [0.05, 0.1) is 22.1 Å². The molecule has 0 spiro atoms. The third kappa shape index (κ3) is 2.78. The summed E-state index contributed by atoms with van der Waals surface area (Å²) in [7, 11) is 0. The highest BCUT2D eigenvalue weighted by atomic mass is 32.1. The molecule has 0 saturated heterocycles. The topological polar surface area (TPSA) is 41.6 Å². The maximum absolute atomic E-state index is 13.1. The van der Waals surface area contributed by atoms with Crippen molar-refractivity contribution < 1.29 is 4.39 Å². The lowest BCUT2D eigenvalue weighted by Gasteiger charge is -1.99. The minimum atomic E-state index is -0.250. The molecule has 2 aromatic heterocycles. The number of thiazole rings is 1. The van der Waals surface area contributed by atoms with Crippen LogP contribution < -0.4 is 0 Å². The molecule has 0 amide bonds. The number of aromatic nitrogens is 3. The van der Waals surface area contributed by atoms with E-state index in [-0.39, 0.29) is 5.82 Å². The van der Waals surface area contributed by atoms with Gasteiger partial charge in [-0.15, -0.1) is 11.3 Å². The Morgan fingerprint density at radius 1 is 1.00 bits per heavy atom. The van der Waals surface area contributed by atoms with Gasteiger partial charge in [0.1, 0.15) is 10.8 Å². The smallest absolute Gasteiger partial charge is 0.123 e. The van der Waals surface area contributed by atoms with Gasteiger partial charge in [0.25, 0.3) is 0 Å². The van der Waals surface area contributed by atoms with E-state index in [1.54, 1.807) is 29.7 Å². The Morgan fingerprint density at radius 3 is 2.65 bits per heavy atom. The van der Waals surface area contributed by atoms with Gasteiger partial charge in [0.15, 0.2) is 0 Å². The second-order valence-electron chi connectivity index (χ2n) is 5.06. The van der Waals surface area contributed by atoms with Crippen molar-refractivity contribution in [1.82, 2.24) is 15.2 Å². The number of fused-ring (bicyclic) bond motifs is 1. The van der Waals surface area contributed by atoms with Gasteiger partial charge < -0.3 is 0 Å². The Hall–Kier alpha value is -2.79. The van der Waals surface area contributed by atoms with Crippen molar-refractivity contribution in [3.8, 4) is 11.3 Å². The number of halogens is 1. The Bertz CT molecular complexity index is 950. The summed E-state index contributed by atoms with van der Waals surface area (Å²) in [4.78, 5) is 4.58. The highest BCUT2D eigenvalue weighted by Crippen LogP contribution is 2.26. The first-order chi connectivity index (χ1) is 11.3. The van der Waals surface area contributed by atoms with Crippen LogP contribution in [-0.4, -0.2) is 15.2 Å². The molecule has 0 radical (unpaired) electrons. The summed E-state index contributed by atoms with van der Waals surface area (Å²) in [6.07, 6.45) is 5.70. The van der Waals surface area contributed by atoms with Crippen LogP contribution in [0.3, 0.4) is 0 Å². The van der Waals surface area contributed by atoms with Gasteiger partial charge in [-0.05, 0) is 48.6 Å². The van der Waals surface area contributed by atoms with Crippen LogP contribution in [0.2, 0.25) is 0 Å². The van der Waals surface area contributed by atoms with E-state index >= 15 is 0 Å². The fourth-order valence-corrected chi connectivity index (χ4v) is 3.26. The zero-order chi connectivity index (χ0) is 15.6. The van der Waals surface area contributed by atoms with E-state index in [9.17, 15) is 4.39 Å². The third-order valence-electron chi connectivity index (χ3n) is 3.52. The number of hydrogen-bond donors (Lipinski definition) is 1. The standard InChI is InChI=1S/C18H12FN3S/c19-14-8-5-12(6-9-14)18-13(11-20-22-18)7-10-17-21-15-3-1-2-4-16(15)23-17/h1-11H,(H,20,22)/b10-7+. The van der Waals surface area contributed by atoms with Crippen molar-refractivity contribution in [2.45, 2.75) is 0 Å². The molecular formula is C18H12FN3S. The van der Waals surface area contributed by atoms with E-state index in [0.717, 1.165) is 32.0 Å². The first-order valence-electron chi connectivity index (χ1n) is 7.12. The van der Waals surface area contributed by atoms with E-state index in [4.69, 9.17) is 0 Å². The average molecular weight is 321 g/mol. The van der Waals surface area contributed by atoms with Crippen LogP contribution in [0.15, 0.2) is 54.7 Å². The zero-order valence-corrected chi connectivity index (χ0v) is 12.8. The van der Waals surface area contributed by atoms with Gasteiger partial charge >= 0.3 is 0 Å². The minimum Gasteiger partial charge on any atom is -0.277 e.